The Morgan fingerprint density at radius 3 is 2.73 bits per heavy atom. The highest BCUT2D eigenvalue weighted by Crippen LogP contribution is 2.26. The third-order valence-electron chi connectivity index (χ3n) is 3.72. The molecular weight excluding hydrogens is 358 g/mol. The molecule has 0 aliphatic carbocycles. The molecule has 0 saturated heterocycles. The van der Waals surface area contributed by atoms with Crippen LogP contribution >= 0.6 is 11.6 Å². The summed E-state index contributed by atoms with van der Waals surface area (Å²) in [6.45, 7) is 1.19. The third kappa shape index (κ3) is 5.18. The van der Waals surface area contributed by atoms with E-state index in [-0.39, 0.29) is 17.2 Å². The van der Waals surface area contributed by atoms with Crippen LogP contribution in [0.25, 0.3) is 0 Å². The lowest BCUT2D eigenvalue weighted by Crippen LogP contribution is -2.26. The minimum Gasteiger partial charge on any atom is -0.383 e. The van der Waals surface area contributed by atoms with Crippen LogP contribution in [0, 0.1) is 10.1 Å². The van der Waals surface area contributed by atoms with E-state index in [1.807, 2.05) is 6.07 Å². The molecule has 1 amide bonds. The normalized spacial score (nSPS) is 10.4. The first-order chi connectivity index (χ1) is 12.4. The zero-order chi connectivity index (χ0) is 19.1. The van der Waals surface area contributed by atoms with Crippen molar-refractivity contribution in [3.05, 3.63) is 68.7 Å². The number of carbonyl (C=O) groups excluding carboxylic acids is 1. The number of rotatable bonds is 8. The van der Waals surface area contributed by atoms with E-state index in [9.17, 15) is 14.9 Å². The summed E-state index contributed by atoms with van der Waals surface area (Å²) in [4.78, 5) is 24.9. The summed E-state index contributed by atoms with van der Waals surface area (Å²) in [6, 6.07) is 11.6. The van der Waals surface area contributed by atoms with Gasteiger partial charge >= 0.3 is 0 Å². The highest BCUT2D eigenvalue weighted by atomic mass is 35.5. The lowest BCUT2D eigenvalue weighted by atomic mass is 10.1. The van der Waals surface area contributed by atoms with Crippen molar-refractivity contribution >= 4 is 28.9 Å². The van der Waals surface area contributed by atoms with Crippen LogP contribution in [0.3, 0.4) is 0 Å². The Morgan fingerprint density at radius 2 is 2.08 bits per heavy atom. The molecule has 0 heterocycles. The summed E-state index contributed by atoms with van der Waals surface area (Å²) in [7, 11) is 3.19. The van der Waals surface area contributed by atoms with Crippen LogP contribution in [0.4, 0.5) is 11.4 Å². The van der Waals surface area contributed by atoms with Crippen molar-refractivity contribution in [3.63, 3.8) is 0 Å². The first kappa shape index (κ1) is 19.7. The molecule has 0 aliphatic heterocycles. The van der Waals surface area contributed by atoms with Crippen LogP contribution in [0.15, 0.2) is 42.5 Å². The second-order valence-electron chi connectivity index (χ2n) is 5.70. The number of hydrogen-bond acceptors (Lipinski definition) is 5. The van der Waals surface area contributed by atoms with Crippen molar-refractivity contribution in [3.8, 4) is 0 Å². The van der Waals surface area contributed by atoms with Gasteiger partial charge < -0.3 is 15.0 Å². The van der Waals surface area contributed by atoms with Crippen molar-refractivity contribution in [1.29, 1.82) is 0 Å². The number of nitro benzene ring substituents is 1. The van der Waals surface area contributed by atoms with Crippen molar-refractivity contribution < 1.29 is 14.5 Å². The van der Waals surface area contributed by atoms with Crippen LogP contribution < -0.4 is 5.32 Å². The van der Waals surface area contributed by atoms with Crippen LogP contribution in [-0.2, 0) is 11.3 Å². The lowest BCUT2D eigenvalue weighted by Gasteiger charge is -2.18. The SMILES string of the molecule is COCCNc1ccc(C(=O)N(C)Cc2cccc(Cl)c2)cc1[N+](=O)[O-]. The number of methoxy groups -OCH3 is 1. The molecular formula is C18H20ClN3O4. The molecule has 2 rings (SSSR count). The number of ether oxygens (including phenoxy) is 1. The number of carbonyl (C=O) groups is 1. The van der Waals surface area contributed by atoms with E-state index in [1.165, 1.54) is 17.0 Å². The van der Waals surface area contributed by atoms with Crippen LogP contribution in [0.5, 0.6) is 0 Å². The molecule has 2 aromatic rings. The zero-order valence-electron chi connectivity index (χ0n) is 14.6. The molecule has 0 aliphatic rings. The summed E-state index contributed by atoms with van der Waals surface area (Å²) in [5.41, 5.74) is 1.32. The lowest BCUT2D eigenvalue weighted by molar-refractivity contribution is -0.384. The van der Waals surface area contributed by atoms with Gasteiger partial charge in [-0.25, -0.2) is 0 Å². The number of nitro groups is 1. The van der Waals surface area contributed by atoms with Gasteiger partial charge in [-0.3, -0.25) is 14.9 Å². The fourth-order valence-corrected chi connectivity index (χ4v) is 2.67. The molecule has 26 heavy (non-hydrogen) atoms. The van der Waals surface area contributed by atoms with Gasteiger partial charge in [-0.2, -0.15) is 0 Å². The van der Waals surface area contributed by atoms with Crippen LogP contribution in [-0.4, -0.2) is 43.0 Å². The number of amides is 1. The zero-order valence-corrected chi connectivity index (χ0v) is 15.3. The van der Waals surface area contributed by atoms with Crippen LogP contribution in [0.2, 0.25) is 5.02 Å². The molecule has 0 spiro atoms. The molecule has 0 saturated carbocycles. The molecule has 7 nitrogen and oxygen atoms in total. The standard InChI is InChI=1S/C18H20ClN3O4/c1-21(12-13-4-3-5-15(19)10-13)18(23)14-6-7-16(20-8-9-26-2)17(11-14)22(24)25/h3-7,10-11,20H,8-9,12H2,1-2H3. The molecule has 0 radical (unpaired) electrons. The van der Waals surface area contributed by atoms with E-state index in [0.29, 0.717) is 30.4 Å². The van der Waals surface area contributed by atoms with Crippen LogP contribution in [0.1, 0.15) is 15.9 Å². The average molecular weight is 378 g/mol. The van der Waals surface area contributed by atoms with Crippen molar-refractivity contribution in [2.45, 2.75) is 6.54 Å². The molecule has 2 aromatic carbocycles. The van der Waals surface area contributed by atoms with Gasteiger partial charge in [0.1, 0.15) is 5.69 Å². The average Bonchev–Trinajstić information content (AvgIpc) is 2.61. The minimum atomic E-state index is -0.511. The molecule has 0 unspecified atom stereocenters. The van der Waals surface area contributed by atoms with E-state index < -0.39 is 4.92 Å². The number of halogens is 1. The van der Waals surface area contributed by atoms with Gasteiger partial charge in [0.15, 0.2) is 0 Å². The summed E-state index contributed by atoms with van der Waals surface area (Å²) in [5.74, 6) is -0.309. The molecule has 8 heteroatoms. The van der Waals surface area contributed by atoms with Gasteiger partial charge in [0.25, 0.3) is 11.6 Å². The predicted octanol–water partition coefficient (Wildman–Crippen LogP) is 3.58. The highest BCUT2D eigenvalue weighted by molar-refractivity contribution is 6.30. The Labute approximate surface area is 156 Å². The molecule has 0 fully saturated rings. The van der Waals surface area contributed by atoms with E-state index in [4.69, 9.17) is 16.3 Å². The maximum absolute atomic E-state index is 12.6. The van der Waals surface area contributed by atoms with Gasteiger partial charge in [0, 0.05) is 43.9 Å². The maximum Gasteiger partial charge on any atom is 0.293 e. The quantitative estimate of drug-likeness (QED) is 0.432. The number of anilines is 1. The molecule has 1 N–H and O–H groups in total. The van der Waals surface area contributed by atoms with Crippen molar-refractivity contribution in [2.24, 2.45) is 0 Å². The fourth-order valence-electron chi connectivity index (χ4n) is 2.45. The summed E-state index contributed by atoms with van der Waals surface area (Å²) in [6.07, 6.45) is 0. The van der Waals surface area contributed by atoms with Gasteiger partial charge in [0.05, 0.1) is 11.5 Å². The van der Waals surface area contributed by atoms with Gasteiger partial charge in [0.2, 0.25) is 0 Å². The first-order valence-corrected chi connectivity index (χ1v) is 8.31. The van der Waals surface area contributed by atoms with E-state index >= 15 is 0 Å². The second-order valence-corrected chi connectivity index (χ2v) is 6.14. The van der Waals surface area contributed by atoms with Gasteiger partial charge in [-0.05, 0) is 29.8 Å². The van der Waals surface area contributed by atoms with Gasteiger partial charge in [-0.15, -0.1) is 0 Å². The Kier molecular flexibility index (Phi) is 6.94. The van der Waals surface area contributed by atoms with E-state index in [1.54, 1.807) is 38.4 Å². The third-order valence-corrected chi connectivity index (χ3v) is 3.95. The Morgan fingerprint density at radius 1 is 1.31 bits per heavy atom. The number of nitrogens with zero attached hydrogens (tertiary/aromatic N) is 2. The smallest absolute Gasteiger partial charge is 0.293 e. The molecule has 0 atom stereocenters. The van der Waals surface area contributed by atoms with E-state index in [2.05, 4.69) is 5.32 Å². The maximum atomic E-state index is 12.6. The fraction of sp³-hybridized carbons (Fsp3) is 0.278. The van der Waals surface area contributed by atoms with Crippen molar-refractivity contribution in [1.82, 2.24) is 4.90 Å². The molecule has 0 aromatic heterocycles. The molecule has 138 valence electrons. The van der Waals surface area contributed by atoms with E-state index in [0.717, 1.165) is 5.56 Å². The Balaban J connectivity index is 2.17. The van der Waals surface area contributed by atoms with Gasteiger partial charge in [-0.1, -0.05) is 23.7 Å². The Bertz CT molecular complexity index is 798. The second kappa shape index (κ2) is 9.17. The van der Waals surface area contributed by atoms with Crippen molar-refractivity contribution in [2.75, 3.05) is 32.6 Å². The molecule has 0 bridgehead atoms. The number of nitrogens with one attached hydrogen (secondary N) is 1. The Hall–Kier alpha value is -2.64. The highest BCUT2D eigenvalue weighted by Gasteiger charge is 2.19. The number of benzene rings is 2. The summed E-state index contributed by atoms with van der Waals surface area (Å²) in [5, 5.41) is 14.8. The summed E-state index contributed by atoms with van der Waals surface area (Å²) >= 11 is 5.96. The largest absolute Gasteiger partial charge is 0.383 e. The number of hydrogen-bond donors (Lipinski definition) is 1. The predicted molar refractivity (Wildman–Crippen MR) is 101 cm³/mol. The summed E-state index contributed by atoms with van der Waals surface area (Å²) < 4.78 is 4.92. The first-order valence-electron chi connectivity index (χ1n) is 7.93. The minimum absolute atomic E-state index is 0.150. The topological polar surface area (TPSA) is 84.7 Å². The monoisotopic (exact) mass is 377 g/mol.